The Balaban J connectivity index is 3.05. The van der Waals surface area contributed by atoms with Crippen molar-refractivity contribution in [1.29, 1.82) is 0 Å². The highest BCUT2D eigenvalue weighted by Gasteiger charge is 2.10. The first kappa shape index (κ1) is 12.0. The summed E-state index contributed by atoms with van der Waals surface area (Å²) in [5.74, 6) is 5.47. The number of aromatic nitrogens is 2. The standard InChI is InChI=1S/C8H13ClN4O2/c1-12(10)6-5-11-13(3-4-15-2)8(14)7(6)9/h5H,3-4,10H2,1-2H3. The fraction of sp³-hybridized carbons (Fsp3) is 0.500. The van der Waals surface area contributed by atoms with E-state index in [2.05, 4.69) is 5.10 Å². The monoisotopic (exact) mass is 232 g/mol. The molecule has 0 spiro atoms. The second-order valence-electron chi connectivity index (χ2n) is 2.98. The van der Waals surface area contributed by atoms with Crippen molar-refractivity contribution < 1.29 is 4.74 Å². The molecule has 0 atom stereocenters. The molecule has 0 amide bonds. The van der Waals surface area contributed by atoms with Gasteiger partial charge in [0.25, 0.3) is 5.56 Å². The van der Waals surface area contributed by atoms with E-state index in [-0.39, 0.29) is 10.6 Å². The highest BCUT2D eigenvalue weighted by molar-refractivity contribution is 6.32. The van der Waals surface area contributed by atoms with Crippen LogP contribution in [0.5, 0.6) is 0 Å². The lowest BCUT2D eigenvalue weighted by molar-refractivity contribution is 0.182. The summed E-state index contributed by atoms with van der Waals surface area (Å²) < 4.78 is 6.08. The molecule has 2 N–H and O–H groups in total. The Morgan fingerprint density at radius 2 is 2.40 bits per heavy atom. The number of nitrogens with zero attached hydrogens (tertiary/aromatic N) is 3. The van der Waals surface area contributed by atoms with Crippen molar-refractivity contribution in [2.45, 2.75) is 6.54 Å². The lowest BCUT2D eigenvalue weighted by Crippen LogP contribution is -2.31. The molecule has 0 saturated carbocycles. The van der Waals surface area contributed by atoms with Crippen LogP contribution in [0.2, 0.25) is 5.02 Å². The first-order valence-electron chi connectivity index (χ1n) is 4.31. The van der Waals surface area contributed by atoms with Crippen LogP contribution in [0.3, 0.4) is 0 Å². The first-order chi connectivity index (χ1) is 7.07. The molecule has 1 rings (SSSR count). The number of rotatable bonds is 4. The van der Waals surface area contributed by atoms with Gasteiger partial charge in [-0.1, -0.05) is 11.6 Å². The molecule has 0 fully saturated rings. The predicted octanol–water partition coefficient (Wildman–Crippen LogP) is -0.147. The number of anilines is 1. The van der Waals surface area contributed by atoms with Gasteiger partial charge in [-0.05, 0) is 0 Å². The molecule has 0 radical (unpaired) electrons. The summed E-state index contributed by atoms with van der Waals surface area (Å²) in [5, 5.41) is 5.22. The van der Waals surface area contributed by atoms with Gasteiger partial charge in [0.15, 0.2) is 0 Å². The van der Waals surface area contributed by atoms with E-state index in [0.717, 1.165) is 0 Å². The molecular formula is C8H13ClN4O2. The molecule has 15 heavy (non-hydrogen) atoms. The van der Waals surface area contributed by atoms with Gasteiger partial charge in [-0.3, -0.25) is 4.79 Å². The largest absolute Gasteiger partial charge is 0.383 e. The third-order valence-corrected chi connectivity index (χ3v) is 2.21. The van der Waals surface area contributed by atoms with Gasteiger partial charge in [0.2, 0.25) is 0 Å². The molecule has 84 valence electrons. The highest BCUT2D eigenvalue weighted by Crippen LogP contribution is 2.16. The van der Waals surface area contributed by atoms with Gasteiger partial charge >= 0.3 is 0 Å². The summed E-state index contributed by atoms with van der Waals surface area (Å²) in [7, 11) is 3.14. The minimum absolute atomic E-state index is 0.0612. The van der Waals surface area contributed by atoms with Gasteiger partial charge in [-0.15, -0.1) is 0 Å². The van der Waals surface area contributed by atoms with Crippen LogP contribution in [0.25, 0.3) is 0 Å². The van der Waals surface area contributed by atoms with Crippen LogP contribution in [0.15, 0.2) is 11.0 Å². The molecule has 0 aliphatic heterocycles. The molecule has 1 aromatic heterocycles. The highest BCUT2D eigenvalue weighted by atomic mass is 35.5. The number of nitrogens with two attached hydrogens (primary N) is 1. The van der Waals surface area contributed by atoms with Crippen molar-refractivity contribution in [3.05, 3.63) is 21.6 Å². The Morgan fingerprint density at radius 3 is 2.93 bits per heavy atom. The zero-order valence-electron chi connectivity index (χ0n) is 8.61. The van der Waals surface area contributed by atoms with Gasteiger partial charge in [-0.25, -0.2) is 10.5 Å². The number of hydrogen-bond donors (Lipinski definition) is 1. The Labute approximate surface area is 92.2 Å². The van der Waals surface area contributed by atoms with Crippen molar-refractivity contribution in [2.75, 3.05) is 25.8 Å². The Morgan fingerprint density at radius 1 is 1.73 bits per heavy atom. The lowest BCUT2D eigenvalue weighted by atomic mass is 10.4. The fourth-order valence-corrected chi connectivity index (χ4v) is 1.32. The molecule has 0 aliphatic carbocycles. The molecule has 0 aromatic carbocycles. The summed E-state index contributed by atoms with van der Waals surface area (Å²) in [4.78, 5) is 11.6. The van der Waals surface area contributed by atoms with Crippen molar-refractivity contribution >= 4 is 17.3 Å². The summed E-state index contributed by atoms with van der Waals surface area (Å²) in [6.45, 7) is 0.769. The average Bonchev–Trinajstić information content (AvgIpc) is 2.20. The number of hydrogen-bond acceptors (Lipinski definition) is 5. The Hall–Kier alpha value is -1.11. The molecule has 0 aliphatic rings. The molecule has 1 heterocycles. The summed E-state index contributed by atoms with van der Waals surface area (Å²) in [6.07, 6.45) is 1.44. The topological polar surface area (TPSA) is 73.4 Å². The maximum absolute atomic E-state index is 11.6. The summed E-state index contributed by atoms with van der Waals surface area (Å²) in [5.41, 5.74) is 0.0267. The predicted molar refractivity (Wildman–Crippen MR) is 58.0 cm³/mol. The molecule has 0 bridgehead atoms. The van der Waals surface area contributed by atoms with E-state index in [0.29, 0.717) is 18.8 Å². The van der Waals surface area contributed by atoms with E-state index in [1.54, 1.807) is 14.2 Å². The normalized spacial score (nSPS) is 10.4. The molecule has 7 heteroatoms. The van der Waals surface area contributed by atoms with Crippen LogP contribution in [0, 0.1) is 0 Å². The number of hydrazine groups is 1. The second-order valence-corrected chi connectivity index (χ2v) is 3.35. The Bertz CT molecular complexity index is 391. The third-order valence-electron chi connectivity index (χ3n) is 1.85. The van der Waals surface area contributed by atoms with Gasteiger partial charge in [0.1, 0.15) is 5.02 Å². The van der Waals surface area contributed by atoms with Gasteiger partial charge in [-0.2, -0.15) is 5.10 Å². The summed E-state index contributed by atoms with van der Waals surface area (Å²) >= 11 is 5.84. The molecular weight excluding hydrogens is 220 g/mol. The zero-order valence-corrected chi connectivity index (χ0v) is 9.36. The second kappa shape index (κ2) is 5.11. The van der Waals surface area contributed by atoms with Crippen LogP contribution in [0.1, 0.15) is 0 Å². The van der Waals surface area contributed by atoms with E-state index in [9.17, 15) is 4.79 Å². The first-order valence-corrected chi connectivity index (χ1v) is 4.68. The van der Waals surface area contributed by atoms with Gasteiger partial charge < -0.3 is 9.75 Å². The van der Waals surface area contributed by atoms with E-state index in [1.165, 1.54) is 15.9 Å². The van der Waals surface area contributed by atoms with Gasteiger partial charge in [0, 0.05) is 14.2 Å². The summed E-state index contributed by atoms with van der Waals surface area (Å²) in [6, 6.07) is 0. The molecule has 1 aromatic rings. The van der Waals surface area contributed by atoms with Crippen molar-refractivity contribution in [3.8, 4) is 0 Å². The third kappa shape index (κ3) is 2.68. The van der Waals surface area contributed by atoms with E-state index in [1.807, 2.05) is 0 Å². The lowest BCUT2D eigenvalue weighted by Gasteiger charge is -2.13. The maximum Gasteiger partial charge on any atom is 0.287 e. The fourth-order valence-electron chi connectivity index (χ4n) is 1.04. The van der Waals surface area contributed by atoms with E-state index in [4.69, 9.17) is 22.2 Å². The van der Waals surface area contributed by atoms with Gasteiger partial charge in [0.05, 0.1) is 25.0 Å². The number of ether oxygens (including phenoxy) is 1. The molecule has 6 nitrogen and oxygen atoms in total. The quantitative estimate of drug-likeness (QED) is 0.578. The SMILES string of the molecule is COCCn1ncc(N(C)N)c(Cl)c1=O. The smallest absolute Gasteiger partial charge is 0.287 e. The van der Waals surface area contributed by atoms with E-state index >= 15 is 0 Å². The van der Waals surface area contributed by atoms with Crippen molar-refractivity contribution in [3.63, 3.8) is 0 Å². The number of halogens is 1. The molecule has 0 saturated heterocycles. The van der Waals surface area contributed by atoms with Crippen LogP contribution < -0.4 is 16.4 Å². The van der Waals surface area contributed by atoms with E-state index < -0.39 is 0 Å². The van der Waals surface area contributed by atoms with Crippen LogP contribution in [-0.2, 0) is 11.3 Å². The van der Waals surface area contributed by atoms with Crippen LogP contribution in [0.4, 0.5) is 5.69 Å². The van der Waals surface area contributed by atoms with Crippen molar-refractivity contribution in [1.82, 2.24) is 9.78 Å². The molecule has 0 unspecified atom stereocenters. The van der Waals surface area contributed by atoms with Crippen LogP contribution in [-0.4, -0.2) is 30.5 Å². The Kier molecular flexibility index (Phi) is 4.07. The zero-order chi connectivity index (χ0) is 11.4. The maximum atomic E-state index is 11.6. The van der Waals surface area contributed by atoms with Crippen molar-refractivity contribution in [2.24, 2.45) is 5.84 Å². The number of methoxy groups -OCH3 is 1. The van der Waals surface area contributed by atoms with Crippen LogP contribution >= 0.6 is 11.6 Å². The minimum Gasteiger partial charge on any atom is -0.383 e. The minimum atomic E-state index is -0.372. The average molecular weight is 233 g/mol.